The molecule has 1 amide bonds. The molecule has 0 heterocycles. The van der Waals surface area contributed by atoms with Crippen molar-refractivity contribution in [2.24, 2.45) is 11.3 Å². The van der Waals surface area contributed by atoms with Crippen LogP contribution >= 0.6 is 11.8 Å². The van der Waals surface area contributed by atoms with Crippen LogP contribution in [0.25, 0.3) is 0 Å². The Bertz CT molecular complexity index is 826. The first kappa shape index (κ1) is 21.6. The second kappa shape index (κ2) is 10.1. The Hall–Kier alpha value is -2.07. The lowest BCUT2D eigenvalue weighted by molar-refractivity contribution is -0.126. The van der Waals surface area contributed by atoms with Crippen molar-refractivity contribution in [2.75, 3.05) is 5.32 Å². The Morgan fingerprint density at radius 3 is 2.34 bits per heavy atom. The highest BCUT2D eigenvalue weighted by atomic mass is 32.2. The predicted octanol–water partition coefficient (Wildman–Crippen LogP) is 6.48. The molecule has 1 aliphatic rings. The average Bonchev–Trinajstić information content (AvgIpc) is 3.19. The van der Waals surface area contributed by atoms with Crippen LogP contribution < -0.4 is 5.32 Å². The number of rotatable bonds is 8. The lowest BCUT2D eigenvalue weighted by Gasteiger charge is -2.29. The molecular weight excluding hydrogens is 378 g/mol. The number of carbonyl (C=O) groups is 2. The van der Waals surface area contributed by atoms with E-state index < -0.39 is 0 Å². The maximum Gasteiger partial charge on any atom is 0.230 e. The molecule has 0 spiro atoms. The van der Waals surface area contributed by atoms with Crippen LogP contribution in [0.2, 0.25) is 0 Å². The number of para-hydroxylation sites is 1. The molecule has 0 bridgehead atoms. The zero-order chi connectivity index (χ0) is 20.7. The van der Waals surface area contributed by atoms with E-state index in [9.17, 15) is 9.59 Å². The monoisotopic (exact) mass is 409 g/mol. The fourth-order valence-corrected chi connectivity index (χ4v) is 4.90. The first-order valence-corrected chi connectivity index (χ1v) is 11.5. The SMILES string of the molecule is CC(C)CCC1(C(=O)Nc2ccccc2SC(=O)Cc2ccccc2)CCCC1. The predicted molar refractivity (Wildman–Crippen MR) is 121 cm³/mol. The van der Waals surface area contributed by atoms with E-state index in [-0.39, 0.29) is 16.4 Å². The third-order valence-electron chi connectivity index (χ3n) is 5.79. The van der Waals surface area contributed by atoms with Gasteiger partial charge in [-0.2, -0.15) is 0 Å². The molecular formula is C25H31NO2S. The van der Waals surface area contributed by atoms with Crippen molar-refractivity contribution >= 4 is 28.5 Å². The van der Waals surface area contributed by atoms with E-state index in [1.807, 2.05) is 54.6 Å². The summed E-state index contributed by atoms with van der Waals surface area (Å²) in [4.78, 5) is 26.7. The summed E-state index contributed by atoms with van der Waals surface area (Å²) in [7, 11) is 0. The smallest absolute Gasteiger partial charge is 0.230 e. The Morgan fingerprint density at radius 1 is 1.00 bits per heavy atom. The Labute approximate surface area is 178 Å². The highest BCUT2D eigenvalue weighted by molar-refractivity contribution is 8.13. The molecule has 0 aliphatic heterocycles. The first-order valence-electron chi connectivity index (χ1n) is 10.6. The fraction of sp³-hybridized carbons (Fsp3) is 0.440. The molecule has 2 aromatic carbocycles. The third-order valence-corrected chi connectivity index (χ3v) is 6.74. The molecule has 29 heavy (non-hydrogen) atoms. The van der Waals surface area contributed by atoms with Gasteiger partial charge in [0.15, 0.2) is 5.12 Å². The standard InChI is InChI=1S/C25H31NO2S/c1-19(2)14-17-25(15-8-9-16-25)24(28)26-21-12-6-7-13-22(21)29-23(27)18-20-10-4-3-5-11-20/h3-7,10-13,19H,8-9,14-18H2,1-2H3,(H,26,28). The highest BCUT2D eigenvalue weighted by Crippen LogP contribution is 2.44. The van der Waals surface area contributed by atoms with Gasteiger partial charge in [0.05, 0.1) is 5.69 Å². The van der Waals surface area contributed by atoms with Crippen LogP contribution in [0.1, 0.15) is 57.9 Å². The molecule has 1 fully saturated rings. The Kier molecular flexibility index (Phi) is 7.54. The zero-order valence-corrected chi connectivity index (χ0v) is 18.3. The van der Waals surface area contributed by atoms with Crippen LogP contribution in [0.5, 0.6) is 0 Å². The van der Waals surface area contributed by atoms with E-state index >= 15 is 0 Å². The first-order chi connectivity index (χ1) is 14.0. The number of hydrogen-bond donors (Lipinski definition) is 1. The van der Waals surface area contributed by atoms with Gasteiger partial charge in [0.2, 0.25) is 5.91 Å². The van der Waals surface area contributed by atoms with Gasteiger partial charge in [-0.3, -0.25) is 9.59 Å². The lowest BCUT2D eigenvalue weighted by atomic mass is 9.79. The maximum absolute atomic E-state index is 13.3. The summed E-state index contributed by atoms with van der Waals surface area (Å²) in [5.74, 6) is 0.720. The van der Waals surface area contributed by atoms with Gasteiger partial charge in [-0.15, -0.1) is 0 Å². The van der Waals surface area contributed by atoms with Crippen LogP contribution in [0.15, 0.2) is 59.5 Å². The number of amides is 1. The summed E-state index contributed by atoms with van der Waals surface area (Å²) in [5.41, 5.74) is 1.50. The van der Waals surface area contributed by atoms with Gasteiger partial charge in [0.1, 0.15) is 0 Å². The van der Waals surface area contributed by atoms with Crippen molar-refractivity contribution in [1.82, 2.24) is 0 Å². The maximum atomic E-state index is 13.3. The molecule has 0 saturated heterocycles. The van der Waals surface area contributed by atoms with E-state index in [4.69, 9.17) is 0 Å². The molecule has 1 N–H and O–H groups in total. The van der Waals surface area contributed by atoms with Crippen molar-refractivity contribution in [1.29, 1.82) is 0 Å². The summed E-state index contributed by atoms with van der Waals surface area (Å²) < 4.78 is 0. The summed E-state index contributed by atoms with van der Waals surface area (Å²) in [6.45, 7) is 4.43. The molecule has 3 rings (SSSR count). The van der Waals surface area contributed by atoms with Gasteiger partial charge in [-0.1, -0.05) is 69.2 Å². The average molecular weight is 410 g/mol. The van der Waals surface area contributed by atoms with Gasteiger partial charge in [-0.05, 0) is 61.1 Å². The van der Waals surface area contributed by atoms with Gasteiger partial charge in [-0.25, -0.2) is 0 Å². The number of anilines is 1. The summed E-state index contributed by atoms with van der Waals surface area (Å²) >= 11 is 1.21. The number of benzene rings is 2. The third kappa shape index (κ3) is 5.96. The summed E-state index contributed by atoms with van der Waals surface area (Å²) in [6, 6.07) is 17.4. The Balaban J connectivity index is 1.69. The zero-order valence-electron chi connectivity index (χ0n) is 17.4. The van der Waals surface area contributed by atoms with Crippen LogP contribution in [0.4, 0.5) is 5.69 Å². The molecule has 0 radical (unpaired) electrons. The molecule has 0 atom stereocenters. The minimum atomic E-state index is -0.254. The summed E-state index contributed by atoms with van der Waals surface area (Å²) in [6.07, 6.45) is 6.57. The molecule has 2 aromatic rings. The molecule has 4 heteroatoms. The molecule has 3 nitrogen and oxygen atoms in total. The fourth-order valence-electron chi connectivity index (χ4n) is 4.04. The van der Waals surface area contributed by atoms with Crippen LogP contribution in [-0.4, -0.2) is 11.0 Å². The van der Waals surface area contributed by atoms with Crippen molar-refractivity contribution in [3.63, 3.8) is 0 Å². The molecule has 1 aliphatic carbocycles. The molecule has 0 aromatic heterocycles. The molecule has 0 unspecified atom stereocenters. The van der Waals surface area contributed by atoms with E-state index in [1.54, 1.807) is 0 Å². The topological polar surface area (TPSA) is 46.2 Å². The normalized spacial score (nSPS) is 15.4. The second-order valence-corrected chi connectivity index (χ2v) is 9.61. The van der Waals surface area contributed by atoms with Crippen molar-refractivity contribution in [2.45, 2.75) is 63.7 Å². The van der Waals surface area contributed by atoms with Crippen LogP contribution in [0.3, 0.4) is 0 Å². The van der Waals surface area contributed by atoms with Gasteiger partial charge in [0.25, 0.3) is 0 Å². The highest BCUT2D eigenvalue weighted by Gasteiger charge is 2.40. The van der Waals surface area contributed by atoms with E-state index in [2.05, 4.69) is 19.2 Å². The summed E-state index contributed by atoms with van der Waals surface area (Å²) in [5, 5.41) is 3.25. The largest absolute Gasteiger partial charge is 0.325 e. The van der Waals surface area contributed by atoms with Crippen molar-refractivity contribution < 1.29 is 9.59 Å². The van der Waals surface area contributed by atoms with E-state index in [1.165, 1.54) is 11.8 Å². The quantitative estimate of drug-likeness (QED) is 0.507. The van der Waals surface area contributed by atoms with Gasteiger partial charge in [0, 0.05) is 16.7 Å². The number of nitrogens with one attached hydrogen (secondary N) is 1. The number of thioether (sulfide) groups is 1. The lowest BCUT2D eigenvalue weighted by Crippen LogP contribution is -2.34. The molecule has 154 valence electrons. The second-order valence-electron chi connectivity index (χ2n) is 8.51. The number of carbonyl (C=O) groups excluding carboxylic acids is 2. The Morgan fingerprint density at radius 2 is 1.66 bits per heavy atom. The minimum absolute atomic E-state index is 0.0771. The van der Waals surface area contributed by atoms with Gasteiger partial charge >= 0.3 is 0 Å². The minimum Gasteiger partial charge on any atom is -0.325 e. The van der Waals surface area contributed by atoms with E-state index in [0.717, 1.165) is 54.7 Å². The van der Waals surface area contributed by atoms with Gasteiger partial charge < -0.3 is 5.32 Å². The van der Waals surface area contributed by atoms with Crippen LogP contribution in [-0.2, 0) is 16.0 Å². The van der Waals surface area contributed by atoms with Crippen molar-refractivity contribution in [3.05, 3.63) is 60.2 Å². The number of hydrogen-bond acceptors (Lipinski definition) is 3. The van der Waals surface area contributed by atoms with E-state index in [0.29, 0.717) is 12.3 Å². The van der Waals surface area contributed by atoms with Crippen LogP contribution in [0, 0.1) is 11.3 Å². The van der Waals surface area contributed by atoms with Crippen molar-refractivity contribution in [3.8, 4) is 0 Å². The molecule has 1 saturated carbocycles.